The Bertz CT molecular complexity index is 735. The first-order valence-corrected chi connectivity index (χ1v) is 9.26. The minimum absolute atomic E-state index is 0.0676. The van der Waals surface area contributed by atoms with Crippen molar-refractivity contribution < 1.29 is 9.90 Å². The zero-order valence-corrected chi connectivity index (χ0v) is 14.5. The smallest absolute Gasteiger partial charge is 0.277 e. The molecule has 0 fully saturated rings. The van der Waals surface area contributed by atoms with Gasteiger partial charge in [0.15, 0.2) is 0 Å². The Morgan fingerprint density at radius 1 is 1.42 bits per heavy atom. The second-order valence-corrected chi connectivity index (χ2v) is 6.45. The summed E-state index contributed by atoms with van der Waals surface area (Å²) in [4.78, 5) is 24.2. The van der Waals surface area contributed by atoms with Gasteiger partial charge in [-0.1, -0.05) is 17.3 Å². The van der Waals surface area contributed by atoms with Gasteiger partial charge >= 0.3 is 0 Å². The van der Waals surface area contributed by atoms with Crippen molar-refractivity contribution in [3.63, 3.8) is 0 Å². The molecule has 1 aromatic heterocycles. The number of aromatic nitrogens is 3. The number of rotatable bonds is 9. The summed E-state index contributed by atoms with van der Waals surface area (Å²) in [6.45, 7) is 0.264. The lowest BCUT2D eigenvalue weighted by Gasteiger charge is -2.15. The second-order valence-electron chi connectivity index (χ2n) is 5.47. The fourth-order valence-electron chi connectivity index (χ4n) is 2.33. The van der Waals surface area contributed by atoms with Gasteiger partial charge in [-0.2, -0.15) is 11.8 Å². The average molecular weight is 350 g/mol. The van der Waals surface area contributed by atoms with Gasteiger partial charge in [0.2, 0.25) is 5.91 Å². The van der Waals surface area contributed by atoms with E-state index in [0.717, 1.165) is 12.2 Å². The van der Waals surface area contributed by atoms with Crippen LogP contribution in [0.1, 0.15) is 19.3 Å². The van der Waals surface area contributed by atoms with E-state index >= 15 is 0 Å². The number of aliphatic hydroxyl groups is 1. The number of thioether (sulfide) groups is 1. The minimum atomic E-state index is -0.215. The van der Waals surface area contributed by atoms with E-state index < -0.39 is 0 Å². The third-order valence-electron chi connectivity index (χ3n) is 3.66. The van der Waals surface area contributed by atoms with Crippen LogP contribution in [0.5, 0.6) is 0 Å². The molecule has 2 aromatic rings. The quantitative estimate of drug-likeness (QED) is 0.694. The molecule has 2 N–H and O–H groups in total. The van der Waals surface area contributed by atoms with E-state index in [1.165, 1.54) is 4.68 Å². The molecule has 1 amide bonds. The fourth-order valence-corrected chi connectivity index (χ4v) is 2.85. The molecular formula is C16H22N4O3S. The van der Waals surface area contributed by atoms with Gasteiger partial charge in [-0.25, -0.2) is 4.68 Å². The lowest BCUT2D eigenvalue weighted by atomic mass is 10.2. The molecule has 7 nitrogen and oxygen atoms in total. The summed E-state index contributed by atoms with van der Waals surface area (Å²) in [6, 6.07) is 6.83. The molecule has 24 heavy (non-hydrogen) atoms. The summed E-state index contributed by atoms with van der Waals surface area (Å²) >= 11 is 1.67. The van der Waals surface area contributed by atoms with Crippen molar-refractivity contribution >= 4 is 28.6 Å². The first-order chi connectivity index (χ1) is 11.7. The van der Waals surface area contributed by atoms with Crippen LogP contribution in [0.3, 0.4) is 0 Å². The highest BCUT2D eigenvalue weighted by molar-refractivity contribution is 7.98. The van der Waals surface area contributed by atoms with E-state index in [0.29, 0.717) is 23.9 Å². The SMILES string of the molecule is CSCCC(CO)NC(=O)CCCn1nnc2ccccc2c1=O. The van der Waals surface area contributed by atoms with Gasteiger partial charge in [-0.05, 0) is 37.0 Å². The summed E-state index contributed by atoms with van der Waals surface area (Å²) in [6.07, 6.45) is 3.48. The summed E-state index contributed by atoms with van der Waals surface area (Å²) in [5.41, 5.74) is 0.366. The van der Waals surface area contributed by atoms with Crippen molar-refractivity contribution in [2.45, 2.75) is 31.8 Å². The Morgan fingerprint density at radius 3 is 2.96 bits per heavy atom. The van der Waals surface area contributed by atoms with E-state index in [1.54, 1.807) is 36.0 Å². The lowest BCUT2D eigenvalue weighted by molar-refractivity contribution is -0.122. The van der Waals surface area contributed by atoms with Crippen LogP contribution < -0.4 is 10.9 Å². The largest absolute Gasteiger partial charge is 0.394 e. The van der Waals surface area contributed by atoms with Gasteiger partial charge in [-0.3, -0.25) is 9.59 Å². The minimum Gasteiger partial charge on any atom is -0.394 e. The molecule has 8 heteroatoms. The molecule has 1 atom stereocenters. The Kier molecular flexibility index (Phi) is 7.20. The number of nitrogens with zero attached hydrogens (tertiary/aromatic N) is 3. The Labute approximate surface area is 144 Å². The maximum Gasteiger partial charge on any atom is 0.277 e. The average Bonchev–Trinajstić information content (AvgIpc) is 2.60. The third-order valence-corrected chi connectivity index (χ3v) is 4.30. The molecule has 0 radical (unpaired) electrons. The Morgan fingerprint density at radius 2 is 2.21 bits per heavy atom. The van der Waals surface area contributed by atoms with Crippen molar-refractivity contribution in [2.24, 2.45) is 0 Å². The van der Waals surface area contributed by atoms with E-state index in [-0.39, 0.29) is 30.5 Å². The Balaban J connectivity index is 1.86. The number of hydrogen-bond donors (Lipinski definition) is 2. The van der Waals surface area contributed by atoms with E-state index in [1.807, 2.05) is 6.26 Å². The fraction of sp³-hybridized carbons (Fsp3) is 0.500. The van der Waals surface area contributed by atoms with Crippen LogP contribution in [0.15, 0.2) is 29.1 Å². The van der Waals surface area contributed by atoms with Crippen LogP contribution >= 0.6 is 11.8 Å². The van der Waals surface area contributed by atoms with Gasteiger partial charge < -0.3 is 10.4 Å². The molecule has 1 aromatic carbocycles. The number of benzene rings is 1. The van der Waals surface area contributed by atoms with Gasteiger partial charge in [0, 0.05) is 13.0 Å². The number of fused-ring (bicyclic) bond motifs is 1. The molecule has 0 spiro atoms. The highest BCUT2D eigenvalue weighted by Gasteiger charge is 2.11. The number of aliphatic hydroxyl groups excluding tert-OH is 1. The molecule has 0 aliphatic heterocycles. The van der Waals surface area contributed by atoms with Crippen molar-refractivity contribution in [3.05, 3.63) is 34.6 Å². The molecule has 0 aliphatic rings. The number of hydrogen-bond acceptors (Lipinski definition) is 6. The number of carbonyl (C=O) groups excluding carboxylic acids is 1. The number of aryl methyl sites for hydroxylation is 1. The highest BCUT2D eigenvalue weighted by atomic mass is 32.2. The van der Waals surface area contributed by atoms with Crippen LogP contribution in [-0.4, -0.2) is 50.7 Å². The topological polar surface area (TPSA) is 97.1 Å². The van der Waals surface area contributed by atoms with E-state index in [2.05, 4.69) is 15.6 Å². The standard InChI is InChI=1S/C16H22N4O3S/c1-24-10-8-12(11-21)17-15(22)7-4-9-20-16(23)13-5-2-3-6-14(13)18-19-20/h2-3,5-6,12,21H,4,7-11H2,1H3,(H,17,22). The predicted octanol–water partition coefficient (Wildman–Crippen LogP) is 0.802. The van der Waals surface area contributed by atoms with E-state index in [4.69, 9.17) is 0 Å². The predicted molar refractivity (Wildman–Crippen MR) is 95.0 cm³/mol. The Hall–Kier alpha value is -1.93. The molecule has 0 saturated heterocycles. The van der Waals surface area contributed by atoms with E-state index in [9.17, 15) is 14.7 Å². The molecule has 0 saturated carbocycles. The second kappa shape index (κ2) is 9.39. The zero-order chi connectivity index (χ0) is 17.4. The molecular weight excluding hydrogens is 328 g/mol. The lowest BCUT2D eigenvalue weighted by Crippen LogP contribution is -2.38. The monoisotopic (exact) mass is 350 g/mol. The van der Waals surface area contributed by atoms with Crippen LogP contribution in [0.4, 0.5) is 0 Å². The first-order valence-electron chi connectivity index (χ1n) is 7.87. The first kappa shape index (κ1) is 18.4. The molecule has 1 heterocycles. The third kappa shape index (κ3) is 5.04. The number of amides is 1. The van der Waals surface area contributed by atoms with Crippen LogP contribution in [0.2, 0.25) is 0 Å². The van der Waals surface area contributed by atoms with Crippen LogP contribution in [-0.2, 0) is 11.3 Å². The molecule has 0 aliphatic carbocycles. The van der Waals surface area contributed by atoms with Gasteiger partial charge in [0.05, 0.1) is 18.0 Å². The highest BCUT2D eigenvalue weighted by Crippen LogP contribution is 2.04. The number of nitrogens with one attached hydrogen (secondary N) is 1. The molecule has 0 bridgehead atoms. The summed E-state index contributed by atoms with van der Waals surface area (Å²) in [5.74, 6) is 0.755. The van der Waals surface area contributed by atoms with Crippen molar-refractivity contribution in [1.29, 1.82) is 0 Å². The van der Waals surface area contributed by atoms with Crippen molar-refractivity contribution in [3.8, 4) is 0 Å². The molecule has 1 unspecified atom stereocenters. The van der Waals surface area contributed by atoms with Gasteiger partial charge in [0.25, 0.3) is 5.56 Å². The summed E-state index contributed by atoms with van der Waals surface area (Å²) in [7, 11) is 0. The zero-order valence-electron chi connectivity index (χ0n) is 13.6. The van der Waals surface area contributed by atoms with Crippen molar-refractivity contribution in [1.82, 2.24) is 20.3 Å². The maximum atomic E-state index is 12.3. The number of carbonyl (C=O) groups is 1. The van der Waals surface area contributed by atoms with Gasteiger partial charge in [0.1, 0.15) is 5.52 Å². The van der Waals surface area contributed by atoms with Crippen LogP contribution in [0.25, 0.3) is 10.9 Å². The van der Waals surface area contributed by atoms with Crippen molar-refractivity contribution in [2.75, 3.05) is 18.6 Å². The normalized spacial score (nSPS) is 12.2. The molecule has 2 rings (SSSR count). The summed E-state index contributed by atoms with van der Waals surface area (Å²) in [5, 5.41) is 20.5. The van der Waals surface area contributed by atoms with Crippen LogP contribution in [0, 0.1) is 0 Å². The maximum absolute atomic E-state index is 12.3. The molecule has 130 valence electrons. The summed E-state index contributed by atoms with van der Waals surface area (Å²) < 4.78 is 1.28. The van der Waals surface area contributed by atoms with Gasteiger partial charge in [-0.15, -0.1) is 5.10 Å².